The summed E-state index contributed by atoms with van der Waals surface area (Å²) in [4.78, 5) is 10.4. The van der Waals surface area contributed by atoms with Crippen LogP contribution in [0, 0.1) is 5.41 Å². The van der Waals surface area contributed by atoms with E-state index in [4.69, 9.17) is 5.41 Å². The maximum Gasteiger partial charge on any atom is 0.332 e. The van der Waals surface area contributed by atoms with Gasteiger partial charge < -0.3 is 14.9 Å². The fourth-order valence-corrected chi connectivity index (χ4v) is 0.294. The number of carbonyl (C=O) groups excluding carboxylic acids is 1. The number of rotatable bonds is 4. The van der Waals surface area contributed by atoms with E-state index < -0.39 is 5.97 Å². The Labute approximate surface area is 53.3 Å². The van der Waals surface area contributed by atoms with Gasteiger partial charge in [-0.05, 0) is 0 Å². The minimum Gasteiger partial charge on any atom is -0.458 e. The Morgan fingerprint density at radius 2 is 2.44 bits per heavy atom. The Morgan fingerprint density at radius 1 is 1.78 bits per heavy atom. The van der Waals surface area contributed by atoms with E-state index >= 15 is 0 Å². The summed E-state index contributed by atoms with van der Waals surface area (Å²) in [5.74, 6) is -0.444. The van der Waals surface area contributed by atoms with Crippen molar-refractivity contribution >= 4 is 12.2 Å². The van der Waals surface area contributed by atoms with Crippen LogP contribution in [0.4, 0.5) is 0 Å². The van der Waals surface area contributed by atoms with Gasteiger partial charge in [0, 0.05) is 13.3 Å². The number of esters is 1. The molecule has 0 fully saturated rings. The Kier molecular flexibility index (Phi) is 4.72. The Hall–Kier alpha value is -0.900. The molecule has 0 radical (unpaired) electrons. The average molecular weight is 131 g/mol. The number of methoxy groups -OCH3 is 1. The van der Waals surface area contributed by atoms with Gasteiger partial charge in [-0.2, -0.15) is 0 Å². The van der Waals surface area contributed by atoms with Crippen molar-refractivity contribution < 1.29 is 14.3 Å². The summed E-state index contributed by atoms with van der Waals surface area (Å²) in [6.07, 6.45) is 1.01. The van der Waals surface area contributed by atoms with E-state index in [0.717, 1.165) is 6.21 Å². The molecule has 0 bridgehead atoms. The molecule has 9 heavy (non-hydrogen) atoms. The second-order valence-electron chi connectivity index (χ2n) is 1.32. The van der Waals surface area contributed by atoms with Gasteiger partial charge in [0.1, 0.15) is 13.2 Å². The third-order valence-electron chi connectivity index (χ3n) is 0.590. The first-order valence-corrected chi connectivity index (χ1v) is 2.44. The summed E-state index contributed by atoms with van der Waals surface area (Å²) in [6, 6.07) is 0. The molecule has 0 rings (SSSR count). The van der Waals surface area contributed by atoms with Crippen molar-refractivity contribution in [2.75, 3.05) is 20.3 Å². The van der Waals surface area contributed by atoms with E-state index in [1.165, 1.54) is 7.11 Å². The number of carbonyl (C=O) groups is 1. The Bertz CT molecular complexity index is 102. The van der Waals surface area contributed by atoms with E-state index in [2.05, 4.69) is 9.47 Å². The molecule has 0 amide bonds. The quantitative estimate of drug-likeness (QED) is 0.425. The van der Waals surface area contributed by atoms with Crippen molar-refractivity contribution in [3.63, 3.8) is 0 Å². The summed E-state index contributed by atoms with van der Waals surface area (Å²) in [5, 5.41) is 6.49. The summed E-state index contributed by atoms with van der Waals surface area (Å²) in [6.45, 7) is -0.0178. The molecule has 0 saturated carbocycles. The molecule has 0 aromatic heterocycles. The molecular weight excluding hydrogens is 122 g/mol. The minimum absolute atomic E-state index is 0.0300. The lowest BCUT2D eigenvalue weighted by Gasteiger charge is -1.97. The first kappa shape index (κ1) is 8.10. The largest absolute Gasteiger partial charge is 0.458 e. The predicted molar refractivity (Wildman–Crippen MR) is 31.6 cm³/mol. The highest BCUT2D eigenvalue weighted by molar-refractivity contribution is 5.72. The number of ether oxygens (including phenoxy) is 2. The lowest BCUT2D eigenvalue weighted by molar-refractivity contribution is -0.146. The van der Waals surface area contributed by atoms with Gasteiger partial charge in [0.05, 0.1) is 0 Å². The second-order valence-corrected chi connectivity index (χ2v) is 1.32. The molecule has 0 atom stereocenters. The molecule has 0 unspecified atom stereocenters. The van der Waals surface area contributed by atoms with Crippen LogP contribution in [0.5, 0.6) is 0 Å². The second kappa shape index (κ2) is 5.24. The van der Waals surface area contributed by atoms with E-state index in [9.17, 15) is 4.79 Å². The first-order valence-electron chi connectivity index (χ1n) is 2.44. The highest BCUT2D eigenvalue weighted by atomic mass is 16.6. The van der Waals surface area contributed by atoms with Gasteiger partial charge in [-0.3, -0.25) is 0 Å². The van der Waals surface area contributed by atoms with Crippen LogP contribution >= 0.6 is 0 Å². The van der Waals surface area contributed by atoms with Crippen LogP contribution in [-0.2, 0) is 14.3 Å². The normalized spacial score (nSPS) is 8.56. The maximum atomic E-state index is 10.4. The number of nitrogens with one attached hydrogen (secondary N) is 1. The highest BCUT2D eigenvalue weighted by Gasteiger charge is 1.97. The van der Waals surface area contributed by atoms with Crippen LogP contribution in [-0.4, -0.2) is 32.5 Å². The molecule has 4 heteroatoms. The number of hydrogen-bond acceptors (Lipinski definition) is 4. The average Bonchev–Trinajstić information content (AvgIpc) is 1.85. The monoisotopic (exact) mass is 131 g/mol. The van der Waals surface area contributed by atoms with Gasteiger partial charge in [-0.15, -0.1) is 0 Å². The molecule has 0 heterocycles. The molecule has 4 nitrogen and oxygen atoms in total. The predicted octanol–water partition coefficient (Wildman–Crippen LogP) is -0.174. The summed E-state index contributed by atoms with van der Waals surface area (Å²) >= 11 is 0. The molecule has 0 aromatic rings. The van der Waals surface area contributed by atoms with Crippen LogP contribution in [0.1, 0.15) is 0 Å². The fourth-order valence-electron chi connectivity index (χ4n) is 0.294. The molecule has 0 spiro atoms. The molecule has 0 aliphatic rings. The summed E-state index contributed by atoms with van der Waals surface area (Å²) in [7, 11) is 1.41. The molecule has 1 N–H and O–H groups in total. The zero-order valence-corrected chi connectivity index (χ0v) is 5.22. The van der Waals surface area contributed by atoms with E-state index in [-0.39, 0.29) is 13.2 Å². The van der Waals surface area contributed by atoms with Gasteiger partial charge in [-0.1, -0.05) is 0 Å². The molecular formula is C5H9NO3. The Morgan fingerprint density at radius 3 is 2.89 bits per heavy atom. The van der Waals surface area contributed by atoms with Crippen LogP contribution in [0.25, 0.3) is 0 Å². The molecule has 0 aliphatic heterocycles. The van der Waals surface area contributed by atoms with Gasteiger partial charge in [0.25, 0.3) is 0 Å². The topological polar surface area (TPSA) is 59.4 Å². The van der Waals surface area contributed by atoms with Gasteiger partial charge in [-0.25, -0.2) is 4.79 Å². The lowest BCUT2D eigenvalue weighted by atomic mass is 10.7. The first-order chi connectivity index (χ1) is 4.31. The van der Waals surface area contributed by atoms with E-state index in [1.54, 1.807) is 0 Å². The van der Waals surface area contributed by atoms with Crippen molar-refractivity contribution in [2.45, 2.75) is 0 Å². The standard InChI is InChI=1S/C5H9NO3/c1-8-4-5(7)9-3-2-6/h2,6H,3-4H2,1H3. The smallest absolute Gasteiger partial charge is 0.332 e. The van der Waals surface area contributed by atoms with Crippen LogP contribution in [0.3, 0.4) is 0 Å². The third-order valence-corrected chi connectivity index (χ3v) is 0.590. The fraction of sp³-hybridized carbons (Fsp3) is 0.600. The van der Waals surface area contributed by atoms with Gasteiger partial charge >= 0.3 is 5.97 Å². The van der Waals surface area contributed by atoms with E-state index in [0.29, 0.717) is 0 Å². The molecule has 52 valence electrons. The van der Waals surface area contributed by atoms with Crippen LogP contribution in [0.2, 0.25) is 0 Å². The Balaban J connectivity index is 3.16. The van der Waals surface area contributed by atoms with Crippen molar-refractivity contribution in [3.8, 4) is 0 Å². The van der Waals surface area contributed by atoms with Crippen LogP contribution in [0.15, 0.2) is 0 Å². The van der Waals surface area contributed by atoms with Crippen molar-refractivity contribution in [1.82, 2.24) is 0 Å². The maximum absolute atomic E-state index is 10.4. The summed E-state index contributed by atoms with van der Waals surface area (Å²) < 4.78 is 8.88. The van der Waals surface area contributed by atoms with Gasteiger partial charge in [0.2, 0.25) is 0 Å². The van der Waals surface area contributed by atoms with Gasteiger partial charge in [0.15, 0.2) is 0 Å². The zero-order chi connectivity index (χ0) is 7.11. The SMILES string of the molecule is COCC(=O)OCC=N. The molecule has 0 aromatic carbocycles. The minimum atomic E-state index is -0.444. The van der Waals surface area contributed by atoms with Crippen molar-refractivity contribution in [3.05, 3.63) is 0 Å². The van der Waals surface area contributed by atoms with E-state index in [1.807, 2.05) is 0 Å². The molecule has 0 saturated heterocycles. The number of hydrogen-bond donors (Lipinski definition) is 1. The van der Waals surface area contributed by atoms with Crippen molar-refractivity contribution in [2.24, 2.45) is 0 Å². The van der Waals surface area contributed by atoms with Crippen LogP contribution < -0.4 is 0 Å². The lowest BCUT2D eigenvalue weighted by Crippen LogP contribution is -2.11. The highest BCUT2D eigenvalue weighted by Crippen LogP contribution is 1.75. The molecule has 0 aliphatic carbocycles. The summed E-state index contributed by atoms with van der Waals surface area (Å²) in [5.41, 5.74) is 0. The van der Waals surface area contributed by atoms with Crippen molar-refractivity contribution in [1.29, 1.82) is 5.41 Å². The third kappa shape index (κ3) is 4.96. The zero-order valence-electron chi connectivity index (χ0n) is 5.22.